The van der Waals surface area contributed by atoms with Gasteiger partial charge in [0, 0.05) is 30.7 Å². The zero-order chi connectivity index (χ0) is 11.7. The van der Waals surface area contributed by atoms with Crippen molar-refractivity contribution in [2.75, 3.05) is 7.11 Å². The van der Waals surface area contributed by atoms with Crippen LogP contribution >= 0.6 is 0 Å². The highest BCUT2D eigenvalue weighted by Crippen LogP contribution is 2.24. The first-order valence-corrected chi connectivity index (χ1v) is 5.04. The SMILES string of the molecule is COC(=O)c1cccc2c1c(CN)cn2C. The number of aryl methyl sites for hydroxylation is 1. The van der Waals surface area contributed by atoms with Crippen LogP contribution in [0.15, 0.2) is 24.4 Å². The molecule has 1 aromatic carbocycles. The van der Waals surface area contributed by atoms with Crippen molar-refractivity contribution in [2.45, 2.75) is 6.54 Å². The van der Waals surface area contributed by atoms with Gasteiger partial charge in [-0.2, -0.15) is 0 Å². The molecule has 2 rings (SSSR count). The van der Waals surface area contributed by atoms with Gasteiger partial charge in [-0.05, 0) is 17.7 Å². The maximum absolute atomic E-state index is 11.6. The van der Waals surface area contributed by atoms with E-state index in [0.29, 0.717) is 12.1 Å². The summed E-state index contributed by atoms with van der Waals surface area (Å²) in [5, 5.41) is 0.888. The van der Waals surface area contributed by atoms with Crippen LogP contribution in [0.3, 0.4) is 0 Å². The summed E-state index contributed by atoms with van der Waals surface area (Å²) in [5.41, 5.74) is 8.19. The van der Waals surface area contributed by atoms with E-state index in [9.17, 15) is 4.79 Å². The van der Waals surface area contributed by atoms with Gasteiger partial charge in [0.2, 0.25) is 0 Å². The van der Waals surface area contributed by atoms with Crippen LogP contribution in [0.1, 0.15) is 15.9 Å². The predicted octanol–water partition coefficient (Wildman–Crippen LogP) is 1.42. The number of hydrogen-bond acceptors (Lipinski definition) is 3. The van der Waals surface area contributed by atoms with Crippen molar-refractivity contribution in [1.82, 2.24) is 4.57 Å². The summed E-state index contributed by atoms with van der Waals surface area (Å²) < 4.78 is 6.73. The van der Waals surface area contributed by atoms with Gasteiger partial charge in [-0.25, -0.2) is 4.79 Å². The number of rotatable bonds is 2. The molecular weight excluding hydrogens is 204 g/mol. The predicted molar refractivity (Wildman–Crippen MR) is 62.1 cm³/mol. The fraction of sp³-hybridized carbons (Fsp3) is 0.250. The Kier molecular flexibility index (Phi) is 2.66. The second-order valence-corrected chi connectivity index (χ2v) is 3.66. The molecular formula is C12H14N2O2. The molecule has 0 radical (unpaired) electrons. The van der Waals surface area contributed by atoms with Gasteiger partial charge in [-0.3, -0.25) is 0 Å². The van der Waals surface area contributed by atoms with Crippen molar-refractivity contribution >= 4 is 16.9 Å². The zero-order valence-corrected chi connectivity index (χ0v) is 9.36. The van der Waals surface area contributed by atoms with Crippen LogP contribution in [-0.4, -0.2) is 17.6 Å². The van der Waals surface area contributed by atoms with Crippen molar-refractivity contribution in [3.63, 3.8) is 0 Å². The lowest BCUT2D eigenvalue weighted by molar-refractivity contribution is 0.0603. The van der Waals surface area contributed by atoms with E-state index < -0.39 is 0 Å². The molecule has 0 amide bonds. The van der Waals surface area contributed by atoms with Gasteiger partial charge in [0.15, 0.2) is 0 Å². The van der Waals surface area contributed by atoms with E-state index in [4.69, 9.17) is 10.5 Å². The molecule has 1 aromatic heterocycles. The van der Waals surface area contributed by atoms with Gasteiger partial charge in [-0.1, -0.05) is 6.07 Å². The first kappa shape index (κ1) is 10.7. The molecule has 4 heteroatoms. The molecule has 0 spiro atoms. The molecule has 0 fully saturated rings. The van der Waals surface area contributed by atoms with E-state index in [-0.39, 0.29) is 5.97 Å². The quantitative estimate of drug-likeness (QED) is 0.776. The Hall–Kier alpha value is -1.81. The number of benzene rings is 1. The minimum Gasteiger partial charge on any atom is -0.465 e. The maximum atomic E-state index is 11.6. The molecule has 2 aromatic rings. The van der Waals surface area contributed by atoms with Crippen LogP contribution in [0.2, 0.25) is 0 Å². The highest BCUT2D eigenvalue weighted by molar-refractivity contribution is 6.05. The number of nitrogens with zero attached hydrogens (tertiary/aromatic N) is 1. The van der Waals surface area contributed by atoms with E-state index in [2.05, 4.69) is 0 Å². The van der Waals surface area contributed by atoms with Crippen molar-refractivity contribution in [3.8, 4) is 0 Å². The molecule has 4 nitrogen and oxygen atoms in total. The van der Waals surface area contributed by atoms with Gasteiger partial charge in [0.1, 0.15) is 0 Å². The summed E-state index contributed by atoms with van der Waals surface area (Å²) in [5.74, 6) is -0.327. The average Bonchev–Trinajstić information content (AvgIpc) is 2.65. The van der Waals surface area contributed by atoms with Gasteiger partial charge in [-0.15, -0.1) is 0 Å². The van der Waals surface area contributed by atoms with Crippen LogP contribution < -0.4 is 5.73 Å². The lowest BCUT2D eigenvalue weighted by Crippen LogP contribution is -2.03. The third-order valence-electron chi connectivity index (χ3n) is 2.72. The van der Waals surface area contributed by atoms with Crippen LogP contribution in [-0.2, 0) is 18.3 Å². The fourth-order valence-electron chi connectivity index (χ4n) is 1.97. The monoisotopic (exact) mass is 218 g/mol. The van der Waals surface area contributed by atoms with Gasteiger partial charge >= 0.3 is 5.97 Å². The topological polar surface area (TPSA) is 57.2 Å². The standard InChI is InChI=1S/C12H14N2O2/c1-14-7-8(6-13)11-9(12(15)16-2)4-3-5-10(11)14/h3-5,7H,6,13H2,1-2H3. The van der Waals surface area contributed by atoms with Crippen LogP contribution in [0.25, 0.3) is 10.9 Å². The molecule has 0 aliphatic carbocycles. The number of fused-ring (bicyclic) bond motifs is 1. The van der Waals surface area contributed by atoms with Crippen molar-refractivity contribution in [2.24, 2.45) is 12.8 Å². The number of esters is 1. The lowest BCUT2D eigenvalue weighted by atomic mass is 10.1. The van der Waals surface area contributed by atoms with Crippen LogP contribution in [0, 0.1) is 0 Å². The Labute approximate surface area is 93.6 Å². The average molecular weight is 218 g/mol. The van der Waals surface area contributed by atoms with E-state index in [1.54, 1.807) is 6.07 Å². The molecule has 0 saturated carbocycles. The number of hydrogen-bond donors (Lipinski definition) is 1. The highest BCUT2D eigenvalue weighted by atomic mass is 16.5. The van der Waals surface area contributed by atoms with Gasteiger partial charge in [0.05, 0.1) is 12.7 Å². The lowest BCUT2D eigenvalue weighted by Gasteiger charge is -2.03. The molecule has 0 atom stereocenters. The largest absolute Gasteiger partial charge is 0.465 e. The minimum atomic E-state index is -0.327. The Morgan fingerprint density at radius 1 is 1.50 bits per heavy atom. The second kappa shape index (κ2) is 3.98. The molecule has 0 saturated heterocycles. The summed E-state index contributed by atoms with van der Waals surface area (Å²) >= 11 is 0. The number of methoxy groups -OCH3 is 1. The molecule has 0 aliphatic heterocycles. The summed E-state index contributed by atoms with van der Waals surface area (Å²) in [6.45, 7) is 0.408. The number of aromatic nitrogens is 1. The van der Waals surface area contributed by atoms with Crippen LogP contribution in [0.5, 0.6) is 0 Å². The number of nitrogens with two attached hydrogens (primary N) is 1. The normalized spacial score (nSPS) is 10.7. The van der Waals surface area contributed by atoms with Crippen LogP contribution in [0.4, 0.5) is 0 Å². The number of ether oxygens (including phenoxy) is 1. The Morgan fingerprint density at radius 3 is 2.88 bits per heavy atom. The molecule has 0 bridgehead atoms. The minimum absolute atomic E-state index is 0.327. The third kappa shape index (κ3) is 1.47. The summed E-state index contributed by atoms with van der Waals surface area (Å²) in [6, 6.07) is 5.56. The molecule has 2 N–H and O–H groups in total. The van der Waals surface area contributed by atoms with Crippen molar-refractivity contribution in [1.29, 1.82) is 0 Å². The van der Waals surface area contributed by atoms with E-state index in [1.807, 2.05) is 29.9 Å². The maximum Gasteiger partial charge on any atom is 0.338 e. The first-order valence-electron chi connectivity index (χ1n) is 5.04. The summed E-state index contributed by atoms with van der Waals surface area (Å²) in [6.07, 6.45) is 1.94. The van der Waals surface area contributed by atoms with E-state index in [1.165, 1.54) is 7.11 Å². The van der Waals surface area contributed by atoms with Gasteiger partial charge < -0.3 is 15.0 Å². The number of carbonyl (C=O) groups excluding carboxylic acids is 1. The summed E-state index contributed by atoms with van der Waals surface area (Å²) in [4.78, 5) is 11.6. The smallest absolute Gasteiger partial charge is 0.338 e. The molecule has 0 unspecified atom stereocenters. The third-order valence-corrected chi connectivity index (χ3v) is 2.72. The number of carbonyl (C=O) groups is 1. The van der Waals surface area contributed by atoms with E-state index >= 15 is 0 Å². The molecule has 16 heavy (non-hydrogen) atoms. The Bertz CT molecular complexity index is 543. The van der Waals surface area contributed by atoms with E-state index in [0.717, 1.165) is 16.5 Å². The zero-order valence-electron chi connectivity index (χ0n) is 9.36. The molecule has 1 heterocycles. The fourth-order valence-corrected chi connectivity index (χ4v) is 1.97. The Balaban J connectivity index is 2.79. The first-order chi connectivity index (χ1) is 7.69. The highest BCUT2D eigenvalue weighted by Gasteiger charge is 2.15. The summed E-state index contributed by atoms with van der Waals surface area (Å²) in [7, 11) is 3.31. The van der Waals surface area contributed by atoms with Gasteiger partial charge in [0.25, 0.3) is 0 Å². The second-order valence-electron chi connectivity index (χ2n) is 3.66. The van der Waals surface area contributed by atoms with Crippen molar-refractivity contribution in [3.05, 3.63) is 35.5 Å². The van der Waals surface area contributed by atoms with Crippen molar-refractivity contribution < 1.29 is 9.53 Å². The Morgan fingerprint density at radius 2 is 2.25 bits per heavy atom. The molecule has 84 valence electrons. The molecule has 0 aliphatic rings.